The maximum absolute atomic E-state index is 14.0. The van der Waals surface area contributed by atoms with Crippen LogP contribution in [0.5, 0.6) is 0 Å². The number of carbonyl (C=O) groups is 1. The molecule has 2 saturated carbocycles. The Bertz CT molecular complexity index is 1090. The van der Waals surface area contributed by atoms with Gasteiger partial charge in [0.2, 0.25) is 10.0 Å². The van der Waals surface area contributed by atoms with Crippen LogP contribution in [0, 0.1) is 11.8 Å². The highest BCUT2D eigenvalue weighted by molar-refractivity contribution is 7.89. The highest BCUT2D eigenvalue weighted by Gasteiger charge is 2.62. The first kappa shape index (κ1) is 24.5. The maximum Gasteiger partial charge on any atom is 0.410 e. The Morgan fingerprint density at radius 3 is 2.50 bits per heavy atom. The van der Waals surface area contributed by atoms with Gasteiger partial charge in [0.05, 0.1) is 36.2 Å². The molecule has 2 N–H and O–H groups in total. The Hall–Kier alpha value is -1.88. The number of ether oxygens (including phenoxy) is 2. The number of benzene rings is 1. The first-order valence-electron chi connectivity index (χ1n) is 13.5. The molecule has 10 heteroatoms. The van der Waals surface area contributed by atoms with Crippen molar-refractivity contribution in [1.82, 2.24) is 14.1 Å². The van der Waals surface area contributed by atoms with Crippen molar-refractivity contribution in [2.24, 2.45) is 11.8 Å². The van der Waals surface area contributed by atoms with E-state index in [1.165, 1.54) is 0 Å². The van der Waals surface area contributed by atoms with Crippen molar-refractivity contribution in [3.63, 3.8) is 0 Å². The molecule has 0 bridgehead atoms. The molecular formula is C26H38N4O5S. The average molecular weight is 519 g/mol. The summed E-state index contributed by atoms with van der Waals surface area (Å²) < 4.78 is 41.9. The summed E-state index contributed by atoms with van der Waals surface area (Å²) in [6.45, 7) is 6.38. The molecule has 9 nitrogen and oxygen atoms in total. The van der Waals surface area contributed by atoms with Gasteiger partial charge in [-0.15, -0.1) is 0 Å². The van der Waals surface area contributed by atoms with Crippen molar-refractivity contribution in [2.75, 3.05) is 45.1 Å². The standard InChI is InChI=1S/C26H38N4O5S/c1-2-28-14-19-4-3-13-29(22(19)15-28)25(31)35-26(11-12-26)24-17-34-16-23(18-5-6-18)30(24)36(32,33)21-9-7-20(27)8-10-21/h7-10,18-19,22-24H,2-6,11-17,27H2,1H3/t19?,22?,23-,24+/m0/s1. The third kappa shape index (κ3) is 4.29. The van der Waals surface area contributed by atoms with Crippen molar-refractivity contribution >= 4 is 21.8 Å². The van der Waals surface area contributed by atoms with E-state index >= 15 is 0 Å². The van der Waals surface area contributed by atoms with Crippen LogP contribution in [0.1, 0.15) is 45.4 Å². The van der Waals surface area contributed by atoms with Crippen LogP contribution in [0.25, 0.3) is 0 Å². The molecule has 1 aromatic rings. The fourth-order valence-electron chi connectivity index (χ4n) is 6.61. The second-order valence-corrected chi connectivity index (χ2v) is 13.2. The zero-order valence-electron chi connectivity index (χ0n) is 21.0. The average Bonchev–Trinajstić information content (AvgIpc) is 3.81. The van der Waals surface area contributed by atoms with Gasteiger partial charge in [-0.2, -0.15) is 4.31 Å². The second kappa shape index (κ2) is 9.15. The van der Waals surface area contributed by atoms with Crippen molar-refractivity contribution in [3.05, 3.63) is 24.3 Å². The van der Waals surface area contributed by atoms with Crippen LogP contribution in [0.4, 0.5) is 10.5 Å². The lowest BCUT2D eigenvalue weighted by molar-refractivity contribution is -0.0782. The predicted octanol–water partition coefficient (Wildman–Crippen LogP) is 2.52. The molecule has 198 valence electrons. The van der Waals surface area contributed by atoms with Gasteiger partial charge in [0, 0.05) is 25.3 Å². The third-order valence-corrected chi connectivity index (χ3v) is 10.9. The van der Waals surface area contributed by atoms with Gasteiger partial charge in [0.15, 0.2) is 0 Å². The third-order valence-electron chi connectivity index (χ3n) is 9.00. The van der Waals surface area contributed by atoms with E-state index in [2.05, 4.69) is 11.8 Å². The van der Waals surface area contributed by atoms with Gasteiger partial charge in [-0.1, -0.05) is 6.92 Å². The van der Waals surface area contributed by atoms with E-state index in [1.807, 2.05) is 4.90 Å². The number of amides is 1. The monoisotopic (exact) mass is 518 g/mol. The van der Waals surface area contributed by atoms with Gasteiger partial charge in [0.1, 0.15) is 5.60 Å². The number of likely N-dealkylation sites (tertiary alicyclic amines) is 2. The van der Waals surface area contributed by atoms with Crippen LogP contribution in [-0.4, -0.2) is 91.7 Å². The van der Waals surface area contributed by atoms with Gasteiger partial charge < -0.3 is 25.0 Å². The Balaban J connectivity index is 1.26. The topological polar surface area (TPSA) is 105 Å². The largest absolute Gasteiger partial charge is 0.441 e. The minimum absolute atomic E-state index is 0.179. The quantitative estimate of drug-likeness (QED) is 0.577. The number of likely N-dealkylation sites (N-methyl/N-ethyl adjacent to an activating group) is 1. The minimum atomic E-state index is -3.82. The van der Waals surface area contributed by atoms with E-state index in [-0.39, 0.29) is 35.6 Å². The number of piperidine rings is 1. The summed E-state index contributed by atoms with van der Waals surface area (Å²) in [6, 6.07) is 5.79. The number of carbonyl (C=O) groups excluding carboxylic acids is 1. The van der Waals surface area contributed by atoms with Gasteiger partial charge in [-0.05, 0) is 81.2 Å². The van der Waals surface area contributed by atoms with Crippen molar-refractivity contribution in [1.29, 1.82) is 0 Å². The summed E-state index contributed by atoms with van der Waals surface area (Å²) >= 11 is 0. The van der Waals surface area contributed by atoms with E-state index < -0.39 is 21.7 Å². The molecule has 6 rings (SSSR count). The number of morpholine rings is 1. The van der Waals surface area contributed by atoms with E-state index in [9.17, 15) is 13.2 Å². The lowest BCUT2D eigenvalue weighted by Gasteiger charge is -2.45. The van der Waals surface area contributed by atoms with Gasteiger partial charge in [-0.25, -0.2) is 13.2 Å². The molecular weight excluding hydrogens is 480 g/mol. The number of hydrogen-bond acceptors (Lipinski definition) is 7. The summed E-state index contributed by atoms with van der Waals surface area (Å²) in [4.78, 5) is 18.1. The summed E-state index contributed by atoms with van der Waals surface area (Å²) in [6.07, 6.45) is 5.12. The summed E-state index contributed by atoms with van der Waals surface area (Å²) in [7, 11) is -3.82. The molecule has 36 heavy (non-hydrogen) atoms. The molecule has 1 amide bonds. The number of hydrogen-bond donors (Lipinski definition) is 1. The minimum Gasteiger partial charge on any atom is -0.441 e. The molecule has 3 aliphatic heterocycles. The van der Waals surface area contributed by atoms with E-state index in [4.69, 9.17) is 15.2 Å². The Morgan fingerprint density at radius 2 is 1.83 bits per heavy atom. The van der Waals surface area contributed by atoms with E-state index in [1.54, 1.807) is 28.6 Å². The molecule has 2 aliphatic carbocycles. The Morgan fingerprint density at radius 1 is 1.08 bits per heavy atom. The smallest absolute Gasteiger partial charge is 0.410 e. The van der Waals surface area contributed by atoms with E-state index in [0.717, 1.165) is 45.3 Å². The molecule has 5 fully saturated rings. The van der Waals surface area contributed by atoms with Crippen molar-refractivity contribution in [3.8, 4) is 0 Å². The number of nitrogens with zero attached hydrogens (tertiary/aromatic N) is 3. The van der Waals surface area contributed by atoms with Crippen molar-refractivity contribution < 1.29 is 22.7 Å². The number of nitrogens with two attached hydrogens (primary N) is 1. The zero-order chi connectivity index (χ0) is 25.1. The maximum atomic E-state index is 14.0. The first-order chi connectivity index (χ1) is 17.3. The molecule has 3 heterocycles. The zero-order valence-corrected chi connectivity index (χ0v) is 21.9. The first-order valence-corrected chi connectivity index (χ1v) is 15.0. The molecule has 0 spiro atoms. The van der Waals surface area contributed by atoms with Gasteiger partial charge in [0.25, 0.3) is 0 Å². The molecule has 3 saturated heterocycles. The highest BCUT2D eigenvalue weighted by atomic mass is 32.2. The number of sulfonamides is 1. The lowest BCUT2D eigenvalue weighted by atomic mass is 9.92. The number of nitrogen functional groups attached to an aromatic ring is 1. The molecule has 2 unspecified atom stereocenters. The molecule has 1 aromatic carbocycles. The normalized spacial score (nSPS) is 32.8. The molecule has 4 atom stereocenters. The summed E-state index contributed by atoms with van der Waals surface area (Å²) in [5.74, 6) is 0.769. The predicted molar refractivity (Wildman–Crippen MR) is 135 cm³/mol. The van der Waals surface area contributed by atoms with Crippen molar-refractivity contribution in [2.45, 2.75) is 74.1 Å². The Kier molecular flexibility index (Phi) is 6.21. The molecule has 5 aliphatic rings. The van der Waals surface area contributed by atoms with Gasteiger partial charge in [-0.3, -0.25) is 0 Å². The Labute approximate surface area is 213 Å². The highest BCUT2D eigenvalue weighted by Crippen LogP contribution is 2.50. The van der Waals surface area contributed by atoms with Crippen LogP contribution in [-0.2, 0) is 19.5 Å². The molecule has 0 aromatic heterocycles. The fraction of sp³-hybridized carbons (Fsp3) is 0.731. The van der Waals surface area contributed by atoms with Crippen LogP contribution < -0.4 is 5.73 Å². The van der Waals surface area contributed by atoms with Crippen LogP contribution >= 0.6 is 0 Å². The summed E-state index contributed by atoms with van der Waals surface area (Å²) in [5, 5.41) is 0. The molecule has 0 radical (unpaired) electrons. The van der Waals surface area contributed by atoms with Crippen LogP contribution in [0.2, 0.25) is 0 Å². The second-order valence-electron chi connectivity index (χ2n) is 11.3. The lowest BCUT2D eigenvalue weighted by Crippen LogP contribution is -2.62. The van der Waals surface area contributed by atoms with Crippen LogP contribution in [0.15, 0.2) is 29.2 Å². The van der Waals surface area contributed by atoms with Gasteiger partial charge >= 0.3 is 6.09 Å². The fourth-order valence-corrected chi connectivity index (χ4v) is 8.51. The van der Waals surface area contributed by atoms with Crippen LogP contribution in [0.3, 0.4) is 0 Å². The SMILES string of the molecule is CCN1CC2CCCN(C(=O)OC3([C@H]4COC[C@@H](C5CC5)N4S(=O)(=O)c4ccc(N)cc4)CC3)C2C1. The number of fused-ring (bicyclic) bond motifs is 1. The van der Waals surface area contributed by atoms with E-state index in [0.29, 0.717) is 37.6 Å². The number of anilines is 1. The number of rotatable bonds is 6. The summed E-state index contributed by atoms with van der Waals surface area (Å²) in [5.41, 5.74) is 5.52.